The van der Waals surface area contributed by atoms with Gasteiger partial charge < -0.3 is 14.7 Å². The van der Waals surface area contributed by atoms with Gasteiger partial charge in [-0.1, -0.05) is 84.5 Å². The Morgan fingerprint density at radius 2 is 1.34 bits per heavy atom. The summed E-state index contributed by atoms with van der Waals surface area (Å²) in [6, 6.07) is 0. The van der Waals surface area contributed by atoms with Gasteiger partial charge in [-0.25, -0.2) is 4.58 Å². The Morgan fingerprint density at radius 3 is 1.89 bits per heavy atom. The number of hydrogen-bond donors (Lipinski definition) is 1. The maximum Gasteiger partial charge on any atom is 0.404 e. The summed E-state index contributed by atoms with van der Waals surface area (Å²) in [6.45, 7) is 12.2. The molecule has 0 rings (SSSR count). The maximum atomic E-state index is 12.4. The first-order valence-electron chi connectivity index (χ1n) is 17.6. The number of nitriles is 1. The van der Waals surface area contributed by atoms with E-state index >= 15 is 0 Å². The van der Waals surface area contributed by atoms with Gasteiger partial charge in [-0.05, 0) is 64.5 Å². The first-order valence-corrected chi connectivity index (χ1v) is 17.6. The number of aliphatic carboxylic acids is 1. The lowest BCUT2D eigenvalue weighted by atomic mass is 10.1. The quantitative estimate of drug-likeness (QED) is 0.0229. The van der Waals surface area contributed by atoms with E-state index in [9.17, 15) is 9.59 Å². The van der Waals surface area contributed by atoms with Crippen LogP contribution in [-0.2, 0) is 14.3 Å². The van der Waals surface area contributed by atoms with Crippen molar-refractivity contribution in [2.75, 3.05) is 40.3 Å². The minimum atomic E-state index is -0.711. The maximum absolute atomic E-state index is 12.4. The number of unbranched alkanes of at least 4 members (excludes halogenated alkanes) is 13. The van der Waals surface area contributed by atoms with E-state index in [0.29, 0.717) is 12.4 Å². The molecule has 0 spiro atoms. The van der Waals surface area contributed by atoms with Gasteiger partial charge in [-0.2, -0.15) is 5.26 Å². The van der Waals surface area contributed by atoms with Gasteiger partial charge in [0.1, 0.15) is 6.10 Å². The molecule has 0 bridgehead atoms. The molecule has 0 aromatic rings. The zero-order valence-electron chi connectivity index (χ0n) is 28.9. The van der Waals surface area contributed by atoms with Gasteiger partial charge in [-0.3, -0.25) is 14.5 Å². The summed E-state index contributed by atoms with van der Waals surface area (Å²) in [5.74, 6) is -0.183. The SMILES string of the molecule is C=[N+](CCCN(CCCCCCCC(=O)O)CCCCCCCC(=O)OC(CC)CCCCCCCC)/C(=N/C#N)N(C)C. The van der Waals surface area contributed by atoms with Crippen molar-refractivity contribution in [3.05, 3.63) is 0 Å². The molecule has 44 heavy (non-hydrogen) atoms. The van der Waals surface area contributed by atoms with Crippen molar-refractivity contribution in [2.45, 2.75) is 155 Å². The Morgan fingerprint density at radius 1 is 0.818 bits per heavy atom. The van der Waals surface area contributed by atoms with Gasteiger partial charge in [0.2, 0.25) is 0 Å². The molecule has 0 saturated carbocycles. The topological polar surface area (TPSA) is 109 Å². The normalized spacial score (nSPS) is 12.2. The Labute approximate surface area is 269 Å². The second kappa shape index (κ2) is 29.3. The number of esters is 1. The fourth-order valence-electron chi connectivity index (χ4n) is 5.44. The summed E-state index contributed by atoms with van der Waals surface area (Å²) in [5, 5.41) is 17.8. The second-order valence-corrected chi connectivity index (χ2v) is 12.4. The molecular formula is C35H66N5O4+. The van der Waals surface area contributed by atoms with E-state index in [1.165, 1.54) is 32.1 Å². The fourth-order valence-corrected chi connectivity index (χ4v) is 5.44. The summed E-state index contributed by atoms with van der Waals surface area (Å²) in [7, 11) is 3.72. The predicted octanol–water partition coefficient (Wildman–Crippen LogP) is 7.63. The molecule has 1 atom stereocenters. The molecule has 0 aliphatic rings. The Balaban J connectivity index is 4.36. The molecule has 0 aliphatic carbocycles. The average molecular weight is 621 g/mol. The van der Waals surface area contributed by atoms with Crippen molar-refractivity contribution in [3.8, 4) is 6.19 Å². The van der Waals surface area contributed by atoms with E-state index in [2.05, 4.69) is 30.5 Å². The number of nitrogens with zero attached hydrogens (tertiary/aromatic N) is 5. The first kappa shape index (κ1) is 41.5. The van der Waals surface area contributed by atoms with Crippen LogP contribution in [0.2, 0.25) is 0 Å². The van der Waals surface area contributed by atoms with Gasteiger partial charge in [0.25, 0.3) is 6.19 Å². The van der Waals surface area contributed by atoms with Crippen molar-refractivity contribution in [2.24, 2.45) is 4.99 Å². The van der Waals surface area contributed by atoms with Crippen molar-refractivity contribution >= 4 is 24.6 Å². The van der Waals surface area contributed by atoms with Crippen molar-refractivity contribution in [1.29, 1.82) is 5.26 Å². The summed E-state index contributed by atoms with van der Waals surface area (Å²) >= 11 is 0. The van der Waals surface area contributed by atoms with E-state index in [0.717, 1.165) is 116 Å². The number of rotatable bonds is 29. The minimum absolute atomic E-state index is 0.0336. The first-order chi connectivity index (χ1) is 21.2. The highest BCUT2D eigenvalue weighted by molar-refractivity contribution is 5.73. The lowest BCUT2D eigenvalue weighted by Gasteiger charge is -2.22. The van der Waals surface area contributed by atoms with Crippen LogP contribution < -0.4 is 0 Å². The standard InChI is InChI=1S/C35H65N5O4/c1-6-8-9-10-13-18-24-32(7-2)44-34(43)26-20-15-12-17-22-29-40(28-21-16-11-14-19-25-33(41)42)30-23-27-39(5)35(37-31-36)38(3)4/h32H,5-30H2,1-4H3/p+1/b37-35+. The molecule has 9 heteroatoms. The zero-order chi connectivity index (χ0) is 32.8. The molecule has 1 unspecified atom stereocenters. The highest BCUT2D eigenvalue weighted by atomic mass is 16.5. The highest BCUT2D eigenvalue weighted by Crippen LogP contribution is 2.15. The molecule has 0 fully saturated rings. The van der Waals surface area contributed by atoms with E-state index in [-0.39, 0.29) is 18.5 Å². The molecule has 0 aromatic carbocycles. The van der Waals surface area contributed by atoms with Crippen LogP contribution in [0.25, 0.3) is 0 Å². The number of carbonyl (C=O) groups excluding carboxylic acids is 1. The van der Waals surface area contributed by atoms with Crippen molar-refractivity contribution in [3.63, 3.8) is 0 Å². The van der Waals surface area contributed by atoms with Crippen molar-refractivity contribution < 1.29 is 24.0 Å². The zero-order valence-corrected chi connectivity index (χ0v) is 28.9. The molecule has 9 nitrogen and oxygen atoms in total. The number of carbonyl (C=O) groups is 2. The monoisotopic (exact) mass is 621 g/mol. The number of hydrogen-bond acceptors (Lipinski definition) is 6. The molecule has 1 N–H and O–H groups in total. The van der Waals surface area contributed by atoms with E-state index in [1.54, 1.807) is 9.48 Å². The van der Waals surface area contributed by atoms with Crippen LogP contribution in [-0.4, -0.2) is 90.5 Å². The molecular weight excluding hydrogens is 554 g/mol. The summed E-state index contributed by atoms with van der Waals surface area (Å²) in [6.07, 6.45) is 23.5. The van der Waals surface area contributed by atoms with E-state index in [4.69, 9.17) is 15.1 Å². The van der Waals surface area contributed by atoms with Gasteiger partial charge in [0.15, 0.2) is 0 Å². The van der Waals surface area contributed by atoms with Crippen LogP contribution in [0.15, 0.2) is 4.99 Å². The van der Waals surface area contributed by atoms with Gasteiger partial charge in [0.05, 0.1) is 20.6 Å². The Bertz CT molecular complexity index is 824. The van der Waals surface area contributed by atoms with E-state index in [1.807, 2.05) is 20.3 Å². The predicted molar refractivity (Wildman–Crippen MR) is 181 cm³/mol. The van der Waals surface area contributed by atoms with Crippen LogP contribution in [0.5, 0.6) is 0 Å². The summed E-state index contributed by atoms with van der Waals surface area (Å²) in [4.78, 5) is 31.3. The molecule has 0 saturated heterocycles. The molecule has 254 valence electrons. The molecule has 0 heterocycles. The number of guanidine groups is 1. The molecule has 0 amide bonds. The molecule has 0 aromatic heterocycles. The number of aliphatic imine (C=N–C) groups is 1. The summed E-state index contributed by atoms with van der Waals surface area (Å²) < 4.78 is 7.54. The van der Waals surface area contributed by atoms with Crippen LogP contribution in [0.3, 0.4) is 0 Å². The van der Waals surface area contributed by atoms with Crippen LogP contribution >= 0.6 is 0 Å². The van der Waals surface area contributed by atoms with Crippen molar-refractivity contribution in [1.82, 2.24) is 9.80 Å². The van der Waals surface area contributed by atoms with E-state index < -0.39 is 5.97 Å². The van der Waals surface area contributed by atoms with Gasteiger partial charge >= 0.3 is 17.9 Å². The van der Waals surface area contributed by atoms with Crippen LogP contribution in [0, 0.1) is 11.5 Å². The third kappa shape index (κ3) is 24.9. The third-order valence-electron chi connectivity index (χ3n) is 8.09. The largest absolute Gasteiger partial charge is 0.481 e. The lowest BCUT2D eigenvalue weighted by Crippen LogP contribution is -2.35. The number of ether oxygens (including phenoxy) is 1. The fraction of sp³-hybridized carbons (Fsp3) is 0.857. The van der Waals surface area contributed by atoms with Crippen LogP contribution in [0.1, 0.15) is 149 Å². The molecule has 0 radical (unpaired) electrons. The lowest BCUT2D eigenvalue weighted by molar-refractivity contribution is -0.410. The second-order valence-electron chi connectivity index (χ2n) is 12.4. The van der Waals surface area contributed by atoms with Gasteiger partial charge in [0, 0.05) is 31.1 Å². The average Bonchev–Trinajstić information content (AvgIpc) is 2.99. The third-order valence-corrected chi connectivity index (χ3v) is 8.09. The van der Waals surface area contributed by atoms with Gasteiger partial charge in [-0.15, -0.1) is 0 Å². The highest BCUT2D eigenvalue weighted by Gasteiger charge is 2.16. The summed E-state index contributed by atoms with van der Waals surface area (Å²) in [5.41, 5.74) is 0. The minimum Gasteiger partial charge on any atom is -0.481 e. The Hall–Kier alpha value is -2.47. The number of carboxylic acid groups (broad SMARTS) is 1. The Kier molecular flexibility index (Phi) is 27.6. The van der Waals surface area contributed by atoms with Crippen LogP contribution in [0.4, 0.5) is 0 Å². The molecule has 0 aliphatic heterocycles. The smallest absolute Gasteiger partial charge is 0.404 e. The number of carboxylic acids is 1.